The van der Waals surface area contributed by atoms with Gasteiger partial charge in [-0.15, -0.1) is 11.3 Å². The van der Waals surface area contributed by atoms with Gasteiger partial charge in [-0.25, -0.2) is 9.59 Å². The van der Waals surface area contributed by atoms with Crippen molar-refractivity contribution in [2.75, 3.05) is 6.61 Å². The molecule has 1 atom stereocenters. The predicted octanol–water partition coefficient (Wildman–Crippen LogP) is 4.70. The zero-order valence-electron chi connectivity index (χ0n) is 19.0. The van der Waals surface area contributed by atoms with Crippen LogP contribution in [0, 0.1) is 5.92 Å². The number of rotatable bonds is 8. The lowest BCUT2D eigenvalue weighted by Crippen LogP contribution is -2.46. The molecule has 3 aromatic rings. The van der Waals surface area contributed by atoms with Crippen LogP contribution in [0.1, 0.15) is 47.2 Å². The standard InChI is InChI=1S/C27H26N2O5S/c30-24(29-25(26(31)32)23-10-5-11-35-23)14-16-12-17(13-16)28-27(33)34-15-22-20-8-3-1-6-18(20)19-7-2-4-9-21(19)22/h1-11,16-17,22,25H,12-15H2,(H,28,33)(H,29,30)(H,31,32). The van der Waals surface area contributed by atoms with Gasteiger partial charge in [0.1, 0.15) is 6.61 Å². The molecule has 1 aromatic heterocycles. The predicted molar refractivity (Wildman–Crippen MR) is 132 cm³/mol. The molecule has 1 saturated carbocycles. The summed E-state index contributed by atoms with van der Waals surface area (Å²) >= 11 is 1.30. The number of benzene rings is 2. The minimum atomic E-state index is -1.08. The highest BCUT2D eigenvalue weighted by Crippen LogP contribution is 2.44. The number of nitrogens with one attached hydrogen (secondary N) is 2. The first kappa shape index (κ1) is 23.1. The summed E-state index contributed by atoms with van der Waals surface area (Å²) in [6.45, 7) is 0.262. The van der Waals surface area contributed by atoms with Crippen LogP contribution in [0.3, 0.4) is 0 Å². The molecule has 0 saturated heterocycles. The molecular weight excluding hydrogens is 464 g/mol. The zero-order chi connectivity index (χ0) is 24.4. The second-order valence-electron chi connectivity index (χ2n) is 9.06. The van der Waals surface area contributed by atoms with Crippen LogP contribution in [0.15, 0.2) is 66.0 Å². The third kappa shape index (κ3) is 4.93. The molecule has 1 heterocycles. The van der Waals surface area contributed by atoms with Crippen molar-refractivity contribution in [1.82, 2.24) is 10.6 Å². The van der Waals surface area contributed by atoms with Crippen LogP contribution >= 0.6 is 11.3 Å². The average Bonchev–Trinajstić information content (AvgIpc) is 3.46. The van der Waals surface area contributed by atoms with Gasteiger partial charge >= 0.3 is 12.1 Å². The highest BCUT2D eigenvalue weighted by molar-refractivity contribution is 7.10. The number of ether oxygens (including phenoxy) is 1. The summed E-state index contributed by atoms with van der Waals surface area (Å²) in [4.78, 5) is 36.9. The third-order valence-electron chi connectivity index (χ3n) is 6.76. The quantitative estimate of drug-likeness (QED) is 0.425. The summed E-state index contributed by atoms with van der Waals surface area (Å²) in [6.07, 6.45) is 1.10. The highest BCUT2D eigenvalue weighted by Gasteiger charge is 2.34. The number of carbonyl (C=O) groups is 3. The Labute approximate surface area is 207 Å². The minimum Gasteiger partial charge on any atom is -0.479 e. The molecule has 180 valence electrons. The largest absolute Gasteiger partial charge is 0.479 e. The van der Waals surface area contributed by atoms with E-state index in [1.54, 1.807) is 17.5 Å². The van der Waals surface area contributed by atoms with Gasteiger partial charge in [-0.3, -0.25) is 4.79 Å². The van der Waals surface area contributed by atoms with Crippen molar-refractivity contribution in [1.29, 1.82) is 0 Å². The lowest BCUT2D eigenvalue weighted by Gasteiger charge is -2.35. The van der Waals surface area contributed by atoms with Crippen molar-refractivity contribution in [3.8, 4) is 11.1 Å². The second-order valence-corrected chi connectivity index (χ2v) is 10.0. The summed E-state index contributed by atoms with van der Waals surface area (Å²) in [7, 11) is 0. The molecule has 1 unspecified atom stereocenters. The van der Waals surface area contributed by atoms with E-state index in [2.05, 4.69) is 34.9 Å². The van der Waals surface area contributed by atoms with E-state index < -0.39 is 18.1 Å². The SMILES string of the molecule is O=C(CC1CC(NC(=O)OCC2c3ccccc3-c3ccccc32)C1)NC(C(=O)O)c1cccs1. The highest BCUT2D eigenvalue weighted by atomic mass is 32.1. The number of fused-ring (bicyclic) bond motifs is 3. The molecule has 8 heteroatoms. The van der Waals surface area contributed by atoms with E-state index in [9.17, 15) is 19.5 Å². The molecule has 0 bridgehead atoms. The number of amides is 2. The molecule has 2 aliphatic carbocycles. The number of thiophene rings is 1. The summed E-state index contributed by atoms with van der Waals surface area (Å²) in [5, 5.41) is 16.7. The van der Waals surface area contributed by atoms with Crippen molar-refractivity contribution < 1.29 is 24.2 Å². The van der Waals surface area contributed by atoms with Gasteiger partial charge in [0.05, 0.1) is 0 Å². The summed E-state index contributed by atoms with van der Waals surface area (Å²) in [5.74, 6) is -1.26. The van der Waals surface area contributed by atoms with Crippen LogP contribution in [0.5, 0.6) is 0 Å². The number of carboxylic acid groups (broad SMARTS) is 1. The van der Waals surface area contributed by atoms with Gasteiger partial charge in [-0.1, -0.05) is 54.6 Å². The summed E-state index contributed by atoms with van der Waals surface area (Å²) < 4.78 is 5.59. The molecule has 5 rings (SSSR count). The van der Waals surface area contributed by atoms with E-state index in [1.807, 2.05) is 24.3 Å². The topological polar surface area (TPSA) is 105 Å². The molecule has 3 N–H and O–H groups in total. The maximum Gasteiger partial charge on any atom is 0.407 e. The van der Waals surface area contributed by atoms with Crippen LogP contribution in [0.25, 0.3) is 11.1 Å². The Kier molecular flexibility index (Phi) is 6.55. The van der Waals surface area contributed by atoms with Gasteiger partial charge in [-0.2, -0.15) is 0 Å². The van der Waals surface area contributed by atoms with E-state index in [4.69, 9.17) is 4.74 Å². The Morgan fingerprint density at radius 3 is 2.23 bits per heavy atom. The Hall–Kier alpha value is -3.65. The van der Waals surface area contributed by atoms with Gasteiger partial charge in [0.2, 0.25) is 5.91 Å². The summed E-state index contributed by atoms with van der Waals surface area (Å²) in [5.41, 5.74) is 4.69. The molecule has 0 aliphatic heterocycles. The van der Waals surface area contributed by atoms with E-state index in [-0.39, 0.29) is 36.8 Å². The van der Waals surface area contributed by atoms with E-state index in [1.165, 1.54) is 33.6 Å². The van der Waals surface area contributed by atoms with E-state index >= 15 is 0 Å². The second kappa shape index (κ2) is 9.92. The van der Waals surface area contributed by atoms with Crippen molar-refractivity contribution in [2.45, 2.75) is 37.3 Å². The van der Waals surface area contributed by atoms with E-state index in [0.29, 0.717) is 17.7 Å². The number of carbonyl (C=O) groups excluding carboxylic acids is 2. The minimum absolute atomic E-state index is 0.0107. The van der Waals surface area contributed by atoms with Gasteiger partial charge in [0.25, 0.3) is 0 Å². The van der Waals surface area contributed by atoms with Crippen LogP contribution in [-0.2, 0) is 14.3 Å². The fraction of sp³-hybridized carbons (Fsp3) is 0.296. The number of hydrogen-bond donors (Lipinski definition) is 3. The molecule has 0 spiro atoms. The first-order chi connectivity index (χ1) is 17.0. The lowest BCUT2D eigenvalue weighted by molar-refractivity contribution is -0.142. The van der Waals surface area contributed by atoms with Gasteiger partial charge in [-0.05, 0) is 52.5 Å². The maximum atomic E-state index is 12.4. The Morgan fingerprint density at radius 2 is 1.63 bits per heavy atom. The Balaban J connectivity index is 1.07. The molecular formula is C27H26N2O5S. The molecule has 7 nitrogen and oxygen atoms in total. The van der Waals surface area contributed by atoms with Crippen LogP contribution in [0.2, 0.25) is 0 Å². The van der Waals surface area contributed by atoms with Crippen LogP contribution in [-0.4, -0.2) is 35.7 Å². The molecule has 2 aliphatic rings. The lowest BCUT2D eigenvalue weighted by atomic mass is 9.78. The van der Waals surface area contributed by atoms with Gasteiger partial charge < -0.3 is 20.5 Å². The van der Waals surface area contributed by atoms with Crippen LogP contribution < -0.4 is 10.6 Å². The van der Waals surface area contributed by atoms with Gasteiger partial charge in [0.15, 0.2) is 6.04 Å². The monoisotopic (exact) mass is 490 g/mol. The Morgan fingerprint density at radius 1 is 0.971 bits per heavy atom. The number of carboxylic acids is 1. The molecule has 2 aromatic carbocycles. The summed E-state index contributed by atoms with van der Waals surface area (Å²) in [6, 6.07) is 18.8. The van der Waals surface area contributed by atoms with Gasteiger partial charge in [0, 0.05) is 23.3 Å². The van der Waals surface area contributed by atoms with Crippen molar-refractivity contribution in [3.63, 3.8) is 0 Å². The molecule has 35 heavy (non-hydrogen) atoms. The number of hydrogen-bond acceptors (Lipinski definition) is 5. The van der Waals surface area contributed by atoms with Crippen molar-refractivity contribution in [3.05, 3.63) is 82.0 Å². The molecule has 2 amide bonds. The molecule has 1 fully saturated rings. The number of alkyl carbamates (subject to hydrolysis) is 1. The fourth-order valence-electron chi connectivity index (χ4n) is 5.02. The van der Waals surface area contributed by atoms with Crippen LogP contribution in [0.4, 0.5) is 4.79 Å². The molecule has 0 radical (unpaired) electrons. The van der Waals surface area contributed by atoms with E-state index in [0.717, 1.165) is 0 Å². The smallest absolute Gasteiger partial charge is 0.407 e. The zero-order valence-corrected chi connectivity index (χ0v) is 19.8. The Bertz CT molecular complexity index is 1190. The fourth-order valence-corrected chi connectivity index (χ4v) is 5.79. The number of aliphatic carboxylic acids is 1. The van der Waals surface area contributed by atoms with Crippen molar-refractivity contribution >= 4 is 29.3 Å². The third-order valence-corrected chi connectivity index (χ3v) is 7.69. The first-order valence-corrected chi connectivity index (χ1v) is 12.5. The maximum absolute atomic E-state index is 12.4. The van der Waals surface area contributed by atoms with Crippen molar-refractivity contribution in [2.24, 2.45) is 5.92 Å². The normalized spacial score (nSPS) is 19.1. The average molecular weight is 491 g/mol. The first-order valence-electron chi connectivity index (χ1n) is 11.7.